The molecule has 1 unspecified atom stereocenters. The molecule has 8 nitrogen and oxygen atoms in total. The van der Waals surface area contributed by atoms with Crippen molar-refractivity contribution in [1.29, 1.82) is 5.26 Å². The molecule has 0 spiro atoms. The van der Waals surface area contributed by atoms with E-state index in [9.17, 15) is 14.9 Å². The molecule has 3 aromatic carbocycles. The number of fused-ring (bicyclic) bond motifs is 1. The van der Waals surface area contributed by atoms with Crippen LogP contribution in [0.4, 0.5) is 0 Å². The molecule has 1 atom stereocenters. The number of nitriles is 1. The van der Waals surface area contributed by atoms with Crippen molar-refractivity contribution < 1.29 is 28.5 Å². The van der Waals surface area contributed by atoms with Gasteiger partial charge >= 0.3 is 11.9 Å². The molecule has 35 heavy (non-hydrogen) atoms. The van der Waals surface area contributed by atoms with Crippen LogP contribution in [0.1, 0.15) is 27.4 Å². The molecule has 2 N–H and O–H groups in total. The van der Waals surface area contributed by atoms with Crippen molar-refractivity contribution in [2.24, 2.45) is 5.73 Å². The van der Waals surface area contributed by atoms with Crippen LogP contribution in [0, 0.1) is 11.3 Å². The third-order valence-electron chi connectivity index (χ3n) is 5.26. The fraction of sp³-hybridized carbons (Fsp3) is 0.115. The highest BCUT2D eigenvalue weighted by Crippen LogP contribution is 2.43. The van der Waals surface area contributed by atoms with Gasteiger partial charge in [0.15, 0.2) is 6.61 Å². The van der Waals surface area contributed by atoms with E-state index in [0.717, 1.165) is 10.0 Å². The molecule has 3 aromatic rings. The van der Waals surface area contributed by atoms with Gasteiger partial charge < -0.3 is 24.7 Å². The fourth-order valence-corrected chi connectivity index (χ4v) is 3.87. The zero-order valence-corrected chi connectivity index (χ0v) is 20.1. The molecular weight excluding hydrogens is 516 g/mol. The Balaban J connectivity index is 1.54. The first kappa shape index (κ1) is 23.9. The Hall–Kier alpha value is -4.29. The van der Waals surface area contributed by atoms with E-state index in [1.807, 2.05) is 0 Å². The Labute approximate surface area is 209 Å². The summed E-state index contributed by atoms with van der Waals surface area (Å²) in [6, 6.07) is 20.7. The topological polar surface area (TPSA) is 121 Å². The lowest BCUT2D eigenvalue weighted by Crippen LogP contribution is -2.21. The van der Waals surface area contributed by atoms with Crippen molar-refractivity contribution in [3.63, 3.8) is 0 Å². The van der Waals surface area contributed by atoms with Crippen molar-refractivity contribution in [2.45, 2.75) is 5.92 Å². The molecule has 0 fully saturated rings. The number of rotatable bonds is 6. The second-order valence-electron chi connectivity index (χ2n) is 7.45. The molecule has 1 aliphatic rings. The van der Waals surface area contributed by atoms with Crippen molar-refractivity contribution >= 4 is 27.9 Å². The van der Waals surface area contributed by atoms with Crippen LogP contribution in [0.15, 0.2) is 82.7 Å². The summed E-state index contributed by atoms with van der Waals surface area (Å²) in [6.45, 7) is -0.282. The standard InChI is InChI=1S/C26H19BrN2O6/c1-32-26(31)16-4-2-15(3-5-16)24-20-11-10-19(12-22(20)35-25(29)21(24)13-28)34-23(30)14-33-18-8-6-17(27)7-9-18/h2-12,24H,14,29H2,1H3. The summed E-state index contributed by atoms with van der Waals surface area (Å²) in [5.41, 5.74) is 8.04. The highest BCUT2D eigenvalue weighted by molar-refractivity contribution is 9.10. The first-order valence-electron chi connectivity index (χ1n) is 10.4. The summed E-state index contributed by atoms with van der Waals surface area (Å²) in [6.07, 6.45) is 0. The van der Waals surface area contributed by atoms with Crippen molar-refractivity contribution in [3.8, 4) is 23.3 Å². The number of hydrogen-bond donors (Lipinski definition) is 1. The van der Waals surface area contributed by atoms with E-state index in [-0.39, 0.29) is 23.8 Å². The van der Waals surface area contributed by atoms with E-state index >= 15 is 0 Å². The number of carbonyl (C=O) groups excluding carboxylic acids is 2. The molecule has 0 aliphatic carbocycles. The van der Waals surface area contributed by atoms with E-state index in [1.54, 1.807) is 60.7 Å². The van der Waals surface area contributed by atoms with Gasteiger partial charge in [0.25, 0.3) is 0 Å². The van der Waals surface area contributed by atoms with Crippen LogP contribution in [0.25, 0.3) is 0 Å². The molecule has 0 saturated carbocycles. The van der Waals surface area contributed by atoms with Crippen LogP contribution in [0.2, 0.25) is 0 Å². The summed E-state index contributed by atoms with van der Waals surface area (Å²) >= 11 is 3.34. The van der Waals surface area contributed by atoms with Crippen LogP contribution in [0.5, 0.6) is 17.2 Å². The zero-order valence-electron chi connectivity index (χ0n) is 18.5. The van der Waals surface area contributed by atoms with Gasteiger partial charge in [-0.1, -0.05) is 34.1 Å². The van der Waals surface area contributed by atoms with Crippen LogP contribution >= 0.6 is 15.9 Å². The molecule has 0 aromatic heterocycles. The molecule has 4 rings (SSSR count). The number of carbonyl (C=O) groups is 2. The predicted molar refractivity (Wildman–Crippen MR) is 129 cm³/mol. The Kier molecular flexibility index (Phi) is 7.03. The minimum Gasteiger partial charge on any atom is -0.482 e. The van der Waals surface area contributed by atoms with Gasteiger partial charge in [-0.25, -0.2) is 9.59 Å². The first-order chi connectivity index (χ1) is 16.9. The lowest BCUT2D eigenvalue weighted by Gasteiger charge is -2.26. The molecule has 0 radical (unpaired) electrons. The number of hydrogen-bond acceptors (Lipinski definition) is 8. The molecule has 1 aliphatic heterocycles. The Morgan fingerprint density at radius 2 is 1.74 bits per heavy atom. The smallest absolute Gasteiger partial charge is 0.349 e. The van der Waals surface area contributed by atoms with Crippen LogP contribution in [0.3, 0.4) is 0 Å². The summed E-state index contributed by atoms with van der Waals surface area (Å²) in [7, 11) is 1.31. The minimum absolute atomic E-state index is 0.0518. The molecule has 0 saturated heterocycles. The first-order valence-corrected chi connectivity index (χ1v) is 11.2. The second-order valence-corrected chi connectivity index (χ2v) is 8.37. The summed E-state index contributed by atoms with van der Waals surface area (Å²) in [4.78, 5) is 24.0. The lowest BCUT2D eigenvalue weighted by atomic mass is 9.83. The number of benzene rings is 3. The average molecular weight is 535 g/mol. The Morgan fingerprint density at radius 3 is 2.40 bits per heavy atom. The third kappa shape index (κ3) is 5.28. The van der Waals surface area contributed by atoms with Gasteiger partial charge in [0.1, 0.15) is 28.9 Å². The van der Waals surface area contributed by atoms with Crippen LogP contribution < -0.4 is 19.9 Å². The Bertz CT molecular complexity index is 1340. The van der Waals surface area contributed by atoms with E-state index in [4.69, 9.17) is 24.7 Å². The third-order valence-corrected chi connectivity index (χ3v) is 5.79. The molecule has 176 valence electrons. The van der Waals surface area contributed by atoms with Gasteiger partial charge in [0.05, 0.1) is 18.6 Å². The van der Waals surface area contributed by atoms with Gasteiger partial charge in [-0.05, 0) is 48.0 Å². The van der Waals surface area contributed by atoms with Gasteiger partial charge in [-0.3, -0.25) is 0 Å². The number of ether oxygens (including phenoxy) is 4. The molecule has 0 amide bonds. The molecule has 1 heterocycles. The number of nitrogens with zero attached hydrogens (tertiary/aromatic N) is 1. The number of nitrogens with two attached hydrogens (primary N) is 1. The number of esters is 2. The van der Waals surface area contributed by atoms with Crippen LogP contribution in [-0.2, 0) is 9.53 Å². The van der Waals surface area contributed by atoms with E-state index in [1.165, 1.54) is 13.2 Å². The van der Waals surface area contributed by atoms with Crippen LogP contribution in [-0.4, -0.2) is 25.7 Å². The second kappa shape index (κ2) is 10.3. The highest BCUT2D eigenvalue weighted by atomic mass is 79.9. The predicted octanol–water partition coefficient (Wildman–Crippen LogP) is 4.44. The SMILES string of the molecule is COC(=O)c1ccc(C2C(C#N)=C(N)Oc3cc(OC(=O)COc4ccc(Br)cc4)ccc32)cc1. The summed E-state index contributed by atoms with van der Waals surface area (Å²) in [5, 5.41) is 9.71. The normalized spacial score (nSPS) is 14.3. The number of halogens is 1. The minimum atomic E-state index is -0.597. The molecule has 0 bridgehead atoms. The van der Waals surface area contributed by atoms with E-state index < -0.39 is 17.9 Å². The van der Waals surface area contributed by atoms with Gasteiger partial charge in [0, 0.05) is 16.1 Å². The zero-order chi connectivity index (χ0) is 24.9. The average Bonchev–Trinajstić information content (AvgIpc) is 2.87. The maximum Gasteiger partial charge on any atom is 0.349 e. The maximum absolute atomic E-state index is 12.3. The summed E-state index contributed by atoms with van der Waals surface area (Å²) < 4.78 is 22.1. The number of allylic oxidation sites excluding steroid dienone is 1. The highest BCUT2D eigenvalue weighted by Gasteiger charge is 2.31. The monoisotopic (exact) mass is 534 g/mol. The maximum atomic E-state index is 12.3. The van der Waals surface area contributed by atoms with Crippen molar-refractivity contribution in [1.82, 2.24) is 0 Å². The Morgan fingerprint density at radius 1 is 1.06 bits per heavy atom. The van der Waals surface area contributed by atoms with Gasteiger partial charge in [0.2, 0.25) is 5.88 Å². The molecule has 9 heteroatoms. The largest absolute Gasteiger partial charge is 0.482 e. The van der Waals surface area contributed by atoms with Crippen molar-refractivity contribution in [3.05, 3.63) is 99.3 Å². The quantitative estimate of drug-likeness (QED) is 0.364. The fourth-order valence-electron chi connectivity index (χ4n) is 3.61. The van der Waals surface area contributed by atoms with E-state index in [0.29, 0.717) is 22.6 Å². The number of methoxy groups -OCH3 is 1. The van der Waals surface area contributed by atoms with Gasteiger partial charge in [-0.15, -0.1) is 0 Å². The van der Waals surface area contributed by atoms with Crippen molar-refractivity contribution in [2.75, 3.05) is 13.7 Å². The molecular formula is C26H19BrN2O6. The van der Waals surface area contributed by atoms with Gasteiger partial charge in [-0.2, -0.15) is 5.26 Å². The summed E-state index contributed by atoms with van der Waals surface area (Å²) in [5.74, 6) is -0.523. The van der Waals surface area contributed by atoms with E-state index in [2.05, 4.69) is 22.0 Å². The lowest BCUT2D eigenvalue weighted by molar-refractivity contribution is -0.136.